The van der Waals surface area contributed by atoms with Gasteiger partial charge in [0.2, 0.25) is 5.91 Å². The number of benzene rings is 2. The van der Waals surface area contributed by atoms with Crippen LogP contribution in [0, 0.1) is 3.57 Å². The van der Waals surface area contributed by atoms with E-state index in [1.807, 2.05) is 30.3 Å². The smallest absolute Gasteiger partial charge is 0.234 e. The second-order valence-corrected chi connectivity index (χ2v) is 9.22. The van der Waals surface area contributed by atoms with Gasteiger partial charge in [-0.2, -0.15) is 0 Å². The zero-order valence-corrected chi connectivity index (χ0v) is 19.8. The molecule has 0 aliphatic rings. The van der Waals surface area contributed by atoms with Crippen LogP contribution in [0.3, 0.4) is 0 Å². The maximum Gasteiger partial charge on any atom is 0.234 e. The minimum Gasteiger partial charge on any atom is -0.325 e. The Morgan fingerprint density at radius 1 is 1.17 bits per heavy atom. The van der Waals surface area contributed by atoms with Crippen molar-refractivity contribution in [1.29, 1.82) is 0 Å². The molecule has 0 bridgehead atoms. The van der Waals surface area contributed by atoms with E-state index in [-0.39, 0.29) is 5.91 Å². The van der Waals surface area contributed by atoms with Crippen molar-refractivity contribution in [3.05, 3.63) is 69.1 Å². The number of amides is 1. The molecule has 3 aromatic rings. The molecule has 0 saturated carbocycles. The van der Waals surface area contributed by atoms with Crippen molar-refractivity contribution in [2.45, 2.75) is 44.8 Å². The highest BCUT2D eigenvalue weighted by atomic mass is 127. The number of carbonyl (C=O) groups excluding carboxylic acids is 1. The number of nitrogens with zero attached hydrogens (tertiary/aromatic N) is 3. The molecule has 0 aliphatic carbocycles. The molecule has 7 heteroatoms. The Kier molecular flexibility index (Phi) is 7.71. The van der Waals surface area contributed by atoms with E-state index in [0.717, 1.165) is 35.2 Å². The van der Waals surface area contributed by atoms with Gasteiger partial charge in [-0.25, -0.2) is 0 Å². The Labute approximate surface area is 189 Å². The van der Waals surface area contributed by atoms with Crippen molar-refractivity contribution in [2.24, 2.45) is 0 Å². The first kappa shape index (κ1) is 21.8. The molecule has 0 spiro atoms. The lowest BCUT2D eigenvalue weighted by molar-refractivity contribution is -0.113. The number of hydrogen-bond acceptors (Lipinski definition) is 4. The van der Waals surface area contributed by atoms with Gasteiger partial charge in [0, 0.05) is 22.2 Å². The van der Waals surface area contributed by atoms with Crippen molar-refractivity contribution in [3.8, 4) is 0 Å². The molecule has 1 aromatic heterocycles. The second-order valence-electron chi connectivity index (χ2n) is 7.03. The zero-order valence-electron chi connectivity index (χ0n) is 16.9. The van der Waals surface area contributed by atoms with Crippen LogP contribution in [-0.2, 0) is 17.8 Å². The fourth-order valence-corrected chi connectivity index (χ4v) is 4.43. The third kappa shape index (κ3) is 5.82. The van der Waals surface area contributed by atoms with Gasteiger partial charge in [-0.3, -0.25) is 4.79 Å². The number of carbonyl (C=O) groups is 1. The van der Waals surface area contributed by atoms with Gasteiger partial charge in [-0.05, 0) is 64.8 Å². The zero-order chi connectivity index (χ0) is 20.8. The van der Waals surface area contributed by atoms with Crippen LogP contribution in [0.4, 0.5) is 5.69 Å². The Balaban J connectivity index is 1.65. The fourth-order valence-electron chi connectivity index (χ4n) is 3.09. The van der Waals surface area contributed by atoms with Gasteiger partial charge < -0.3 is 9.88 Å². The van der Waals surface area contributed by atoms with Crippen LogP contribution in [0.25, 0.3) is 0 Å². The molecule has 0 unspecified atom stereocenters. The molecular weight excluding hydrogens is 495 g/mol. The van der Waals surface area contributed by atoms with Crippen LogP contribution in [0.15, 0.2) is 53.7 Å². The van der Waals surface area contributed by atoms with Gasteiger partial charge >= 0.3 is 0 Å². The molecule has 3 rings (SSSR count). The predicted octanol–water partition coefficient (Wildman–Crippen LogP) is 5.35. The van der Waals surface area contributed by atoms with Crippen molar-refractivity contribution in [2.75, 3.05) is 11.1 Å². The van der Waals surface area contributed by atoms with E-state index in [1.54, 1.807) is 0 Å². The molecule has 1 N–H and O–H groups in total. The average Bonchev–Trinajstić information content (AvgIpc) is 3.09. The normalized spacial score (nSPS) is 11.1. The molecular formula is C22H25IN4OS. The summed E-state index contributed by atoms with van der Waals surface area (Å²) in [5.41, 5.74) is 3.23. The lowest BCUT2D eigenvalue weighted by Crippen LogP contribution is -2.16. The number of anilines is 1. The van der Waals surface area contributed by atoms with Crippen molar-refractivity contribution >= 4 is 45.9 Å². The van der Waals surface area contributed by atoms with Crippen LogP contribution in [0.1, 0.15) is 43.6 Å². The quantitative estimate of drug-likeness (QED) is 0.322. The third-order valence-corrected chi connectivity index (χ3v) is 6.19. The topological polar surface area (TPSA) is 59.8 Å². The Morgan fingerprint density at radius 3 is 2.62 bits per heavy atom. The Hall–Kier alpha value is -1.87. The van der Waals surface area contributed by atoms with E-state index in [4.69, 9.17) is 0 Å². The number of hydrogen-bond donors (Lipinski definition) is 1. The molecule has 1 amide bonds. The lowest BCUT2D eigenvalue weighted by atomic mass is 10.0. The van der Waals surface area contributed by atoms with Gasteiger partial charge in [-0.15, -0.1) is 10.2 Å². The molecule has 2 aromatic carbocycles. The summed E-state index contributed by atoms with van der Waals surface area (Å²) in [5.74, 6) is 1.53. The Morgan fingerprint density at radius 2 is 1.93 bits per heavy atom. The molecule has 5 nitrogen and oxygen atoms in total. The standard InChI is InChI=1S/C22H25IN4OS/c1-4-27-20(12-16-8-6-5-7-9-16)25-26-22(27)29-14-21(28)24-19-11-10-17(23)13-18(19)15(2)3/h5-11,13,15H,4,12,14H2,1-3H3,(H,24,28). The van der Waals surface area contributed by atoms with E-state index in [0.29, 0.717) is 11.7 Å². The summed E-state index contributed by atoms with van der Waals surface area (Å²) in [4.78, 5) is 12.6. The SMILES string of the molecule is CCn1c(Cc2ccccc2)nnc1SCC(=O)Nc1ccc(I)cc1C(C)C. The molecule has 1 heterocycles. The molecule has 0 atom stereocenters. The summed E-state index contributed by atoms with van der Waals surface area (Å²) in [6.45, 7) is 7.11. The minimum atomic E-state index is -0.0339. The van der Waals surface area contributed by atoms with Gasteiger partial charge in [0.25, 0.3) is 0 Å². The van der Waals surface area contributed by atoms with E-state index < -0.39 is 0 Å². The summed E-state index contributed by atoms with van der Waals surface area (Å²) in [5, 5.41) is 12.5. The first-order valence-electron chi connectivity index (χ1n) is 9.66. The number of nitrogens with one attached hydrogen (secondary N) is 1. The van der Waals surface area contributed by atoms with E-state index >= 15 is 0 Å². The highest BCUT2D eigenvalue weighted by Gasteiger charge is 2.15. The number of thioether (sulfide) groups is 1. The monoisotopic (exact) mass is 520 g/mol. The number of rotatable bonds is 8. The van der Waals surface area contributed by atoms with Crippen LogP contribution in [0.2, 0.25) is 0 Å². The van der Waals surface area contributed by atoms with Crippen molar-refractivity contribution < 1.29 is 4.79 Å². The number of halogens is 1. The Bertz CT molecular complexity index is 972. The fraction of sp³-hybridized carbons (Fsp3) is 0.318. The van der Waals surface area contributed by atoms with Crippen molar-refractivity contribution in [3.63, 3.8) is 0 Å². The largest absolute Gasteiger partial charge is 0.325 e. The van der Waals surface area contributed by atoms with Crippen LogP contribution in [-0.4, -0.2) is 26.4 Å². The summed E-state index contributed by atoms with van der Waals surface area (Å²) in [6, 6.07) is 16.3. The number of aromatic nitrogens is 3. The van der Waals surface area contributed by atoms with Gasteiger partial charge in [0.1, 0.15) is 5.82 Å². The first-order valence-corrected chi connectivity index (χ1v) is 11.7. The molecule has 0 saturated heterocycles. The van der Waals surface area contributed by atoms with Gasteiger partial charge in [0.15, 0.2) is 5.16 Å². The molecule has 0 fully saturated rings. The third-order valence-electron chi connectivity index (χ3n) is 4.56. The highest BCUT2D eigenvalue weighted by Crippen LogP contribution is 2.27. The van der Waals surface area contributed by atoms with Gasteiger partial charge in [0.05, 0.1) is 5.75 Å². The van der Waals surface area contributed by atoms with E-state index in [9.17, 15) is 4.79 Å². The maximum absolute atomic E-state index is 12.6. The second kappa shape index (κ2) is 10.2. The molecule has 152 valence electrons. The highest BCUT2D eigenvalue weighted by molar-refractivity contribution is 14.1. The van der Waals surface area contributed by atoms with Crippen molar-refractivity contribution in [1.82, 2.24) is 14.8 Å². The summed E-state index contributed by atoms with van der Waals surface area (Å²) in [6.07, 6.45) is 0.731. The summed E-state index contributed by atoms with van der Waals surface area (Å²) < 4.78 is 3.25. The lowest BCUT2D eigenvalue weighted by Gasteiger charge is -2.14. The van der Waals surface area contributed by atoms with E-state index in [2.05, 4.69) is 81.6 Å². The maximum atomic E-state index is 12.6. The molecule has 0 radical (unpaired) electrons. The molecule has 0 aliphatic heterocycles. The summed E-state index contributed by atoms with van der Waals surface area (Å²) in [7, 11) is 0. The molecule has 29 heavy (non-hydrogen) atoms. The average molecular weight is 520 g/mol. The minimum absolute atomic E-state index is 0.0339. The van der Waals surface area contributed by atoms with Crippen LogP contribution < -0.4 is 5.32 Å². The van der Waals surface area contributed by atoms with Crippen LogP contribution >= 0.6 is 34.4 Å². The van der Waals surface area contributed by atoms with Crippen LogP contribution in [0.5, 0.6) is 0 Å². The van der Waals surface area contributed by atoms with Gasteiger partial charge in [-0.1, -0.05) is 55.9 Å². The predicted molar refractivity (Wildman–Crippen MR) is 128 cm³/mol. The van der Waals surface area contributed by atoms with E-state index in [1.165, 1.54) is 20.9 Å². The first-order chi connectivity index (χ1) is 14.0. The summed E-state index contributed by atoms with van der Waals surface area (Å²) >= 11 is 3.72.